The summed E-state index contributed by atoms with van der Waals surface area (Å²) in [5, 5.41) is 0. The molecule has 0 saturated carbocycles. The summed E-state index contributed by atoms with van der Waals surface area (Å²) in [4.78, 5) is 0. The lowest BCUT2D eigenvalue weighted by molar-refractivity contribution is 0.170. The van der Waals surface area contributed by atoms with Crippen molar-refractivity contribution in [3.63, 3.8) is 0 Å². The largest absolute Gasteiger partial charge is 0.611 e. The van der Waals surface area contributed by atoms with E-state index in [1.165, 1.54) is 24.8 Å². The van der Waals surface area contributed by atoms with Gasteiger partial charge in [0.05, 0.1) is 0 Å². The van der Waals surface area contributed by atoms with Crippen molar-refractivity contribution in [2.24, 2.45) is 0 Å². The summed E-state index contributed by atoms with van der Waals surface area (Å²) >= 11 is 0. The zero-order chi connectivity index (χ0) is 13.2. The minimum Gasteiger partial charge on any atom is -0.458 e. The Morgan fingerprint density at radius 2 is 1.68 bits per heavy atom. The lowest BCUT2D eigenvalue weighted by Crippen LogP contribution is -2.37. The number of hydrogen-bond donors (Lipinski definition) is 0. The van der Waals surface area contributed by atoms with Crippen molar-refractivity contribution < 1.29 is 18.4 Å². The molecular weight excluding hydrogens is 241 g/mol. The fourth-order valence-electron chi connectivity index (χ4n) is 1.99. The molecule has 0 radical (unpaired) electrons. The number of aryl methyl sites for hydroxylation is 1. The van der Waals surface area contributed by atoms with E-state index in [0.29, 0.717) is 6.61 Å². The third-order valence-corrected chi connectivity index (χ3v) is 3.03. The first kappa shape index (κ1) is 14.7. The Morgan fingerprint density at radius 1 is 0.947 bits per heavy atom. The first-order valence-electron chi connectivity index (χ1n) is 6.91. The molecule has 4 nitrogen and oxygen atoms in total. The Bertz CT molecular complexity index is 333. The molecule has 0 bridgehead atoms. The molecule has 7 heteroatoms. The molecule has 100 valence electrons. The molecule has 0 N–H and O–H groups in total. The maximum atomic E-state index is 5.42. The van der Waals surface area contributed by atoms with Crippen LogP contribution in [0.5, 0.6) is 0 Å². The Hall–Kier alpha value is -0.745. The van der Waals surface area contributed by atoms with Crippen molar-refractivity contribution in [2.45, 2.75) is 32.1 Å². The molecule has 0 aliphatic carbocycles. The maximum absolute atomic E-state index is 5.42. The molecular formula is C12H19B3O4. The Labute approximate surface area is 116 Å². The molecule has 1 aliphatic heterocycles. The summed E-state index contributed by atoms with van der Waals surface area (Å²) in [6, 6.07) is 10.6. The van der Waals surface area contributed by atoms with Gasteiger partial charge >= 0.3 is 22.7 Å². The van der Waals surface area contributed by atoms with Gasteiger partial charge in [-0.1, -0.05) is 43.2 Å². The van der Waals surface area contributed by atoms with Crippen LogP contribution >= 0.6 is 0 Å². The van der Waals surface area contributed by atoms with E-state index in [4.69, 9.17) is 18.4 Å². The van der Waals surface area contributed by atoms with Gasteiger partial charge in [-0.15, -0.1) is 0 Å². The monoisotopic (exact) mass is 260 g/mol. The SMILES string of the molecule is B1OBOB(OCCCCCCc2ccccc2)O1. The fraction of sp³-hybridized carbons (Fsp3) is 0.500. The minimum absolute atomic E-state index is 0.252. The molecule has 0 unspecified atom stereocenters. The van der Waals surface area contributed by atoms with Gasteiger partial charge in [-0.3, -0.25) is 0 Å². The van der Waals surface area contributed by atoms with E-state index in [0.717, 1.165) is 12.8 Å². The van der Waals surface area contributed by atoms with Crippen LogP contribution in [0.4, 0.5) is 0 Å². The van der Waals surface area contributed by atoms with Crippen LogP contribution < -0.4 is 0 Å². The highest BCUT2D eigenvalue weighted by molar-refractivity contribution is 6.57. The van der Waals surface area contributed by atoms with Crippen molar-refractivity contribution in [3.05, 3.63) is 35.9 Å². The standard InChI is InChI=1S/C12H19B3O4/c1(4-8-12-9-5-3-6-10-12)2-7-11-16-15-18-13-17-14-19-15/h3,5-6,9-10,13-14H,1-2,4,7-8,11H2. The average molecular weight is 260 g/mol. The smallest absolute Gasteiger partial charge is 0.458 e. The summed E-state index contributed by atoms with van der Waals surface area (Å²) in [5.41, 5.74) is 1.42. The van der Waals surface area contributed by atoms with Gasteiger partial charge in [-0.05, 0) is 24.8 Å². The third-order valence-electron chi connectivity index (χ3n) is 3.03. The highest BCUT2D eigenvalue weighted by Gasteiger charge is 2.25. The summed E-state index contributed by atoms with van der Waals surface area (Å²) in [6.45, 7) is 0.677. The van der Waals surface area contributed by atoms with Gasteiger partial charge < -0.3 is 18.4 Å². The fourth-order valence-corrected chi connectivity index (χ4v) is 1.99. The predicted molar refractivity (Wildman–Crippen MR) is 77.9 cm³/mol. The van der Waals surface area contributed by atoms with Crippen LogP contribution in [-0.2, 0) is 24.8 Å². The zero-order valence-corrected chi connectivity index (χ0v) is 11.3. The Kier molecular flexibility index (Phi) is 7.10. The van der Waals surface area contributed by atoms with Crippen molar-refractivity contribution in [1.82, 2.24) is 0 Å². The van der Waals surface area contributed by atoms with E-state index in [-0.39, 0.29) is 15.4 Å². The summed E-state index contributed by atoms with van der Waals surface area (Å²) < 4.78 is 20.5. The highest BCUT2D eigenvalue weighted by Crippen LogP contribution is 2.08. The average Bonchev–Trinajstić information content (AvgIpc) is 2.48. The highest BCUT2D eigenvalue weighted by atomic mass is 16.8. The maximum Gasteiger partial charge on any atom is 0.611 e. The molecule has 1 aromatic carbocycles. The van der Waals surface area contributed by atoms with Crippen LogP contribution in [-0.4, -0.2) is 29.3 Å². The van der Waals surface area contributed by atoms with Crippen LogP contribution in [0.25, 0.3) is 0 Å². The summed E-state index contributed by atoms with van der Waals surface area (Å²) in [6.07, 6.45) is 5.84. The van der Waals surface area contributed by atoms with E-state index >= 15 is 0 Å². The summed E-state index contributed by atoms with van der Waals surface area (Å²) in [7, 11) is -0.0400. The lowest BCUT2D eigenvalue weighted by atomic mass is 10.0. The van der Waals surface area contributed by atoms with Gasteiger partial charge in [-0.25, -0.2) is 0 Å². The van der Waals surface area contributed by atoms with Gasteiger partial charge in [0, 0.05) is 6.61 Å². The lowest BCUT2D eigenvalue weighted by Gasteiger charge is -2.18. The number of unbranched alkanes of at least 4 members (excludes halogenated alkanes) is 3. The molecule has 1 saturated heterocycles. The molecule has 19 heavy (non-hydrogen) atoms. The van der Waals surface area contributed by atoms with E-state index in [1.807, 2.05) is 0 Å². The van der Waals surface area contributed by atoms with Crippen LogP contribution in [0.3, 0.4) is 0 Å². The van der Waals surface area contributed by atoms with Crippen LogP contribution in [0.15, 0.2) is 30.3 Å². The first-order valence-corrected chi connectivity index (χ1v) is 6.91. The second-order valence-electron chi connectivity index (χ2n) is 4.58. The molecule has 1 fully saturated rings. The van der Waals surface area contributed by atoms with E-state index < -0.39 is 7.32 Å². The topological polar surface area (TPSA) is 36.9 Å². The van der Waals surface area contributed by atoms with Gasteiger partial charge in [-0.2, -0.15) is 0 Å². The summed E-state index contributed by atoms with van der Waals surface area (Å²) in [5.74, 6) is 0. The van der Waals surface area contributed by atoms with Crippen LogP contribution in [0, 0.1) is 0 Å². The van der Waals surface area contributed by atoms with Crippen molar-refractivity contribution in [2.75, 3.05) is 6.61 Å². The molecule has 0 amide bonds. The van der Waals surface area contributed by atoms with Gasteiger partial charge in [0.2, 0.25) is 0 Å². The van der Waals surface area contributed by atoms with Crippen LogP contribution in [0.1, 0.15) is 31.2 Å². The molecule has 1 heterocycles. The normalized spacial score (nSPS) is 14.8. The van der Waals surface area contributed by atoms with E-state index in [1.54, 1.807) is 0 Å². The molecule has 1 aliphatic rings. The second-order valence-corrected chi connectivity index (χ2v) is 4.58. The van der Waals surface area contributed by atoms with Crippen molar-refractivity contribution in [1.29, 1.82) is 0 Å². The Balaban J connectivity index is 1.42. The number of rotatable bonds is 8. The Morgan fingerprint density at radius 3 is 2.47 bits per heavy atom. The molecule has 1 aromatic rings. The van der Waals surface area contributed by atoms with Gasteiger partial charge in [0.15, 0.2) is 0 Å². The quantitative estimate of drug-likeness (QED) is 0.522. The predicted octanol–water partition coefficient (Wildman–Crippen LogP) is 1.39. The second kappa shape index (κ2) is 9.21. The minimum atomic E-state index is -0.543. The molecule has 2 rings (SSSR count). The van der Waals surface area contributed by atoms with Crippen molar-refractivity contribution >= 4 is 22.7 Å². The molecule has 0 aromatic heterocycles. The van der Waals surface area contributed by atoms with E-state index in [2.05, 4.69) is 30.3 Å². The number of benzene rings is 1. The van der Waals surface area contributed by atoms with Gasteiger partial charge in [0.1, 0.15) is 0 Å². The van der Waals surface area contributed by atoms with Gasteiger partial charge in [0.25, 0.3) is 0 Å². The first-order chi connectivity index (χ1) is 9.45. The van der Waals surface area contributed by atoms with Crippen LogP contribution in [0.2, 0.25) is 0 Å². The number of hydrogen-bond acceptors (Lipinski definition) is 4. The van der Waals surface area contributed by atoms with E-state index in [9.17, 15) is 0 Å². The molecule has 0 atom stereocenters. The third kappa shape index (κ3) is 6.30. The molecule has 0 spiro atoms. The zero-order valence-electron chi connectivity index (χ0n) is 11.3. The van der Waals surface area contributed by atoms with Crippen molar-refractivity contribution in [3.8, 4) is 0 Å².